The zero-order valence-corrected chi connectivity index (χ0v) is 13.1. The first-order valence-electron chi connectivity index (χ1n) is 7.76. The van der Waals surface area contributed by atoms with Gasteiger partial charge in [-0.2, -0.15) is 11.8 Å². The molecule has 2 fully saturated rings. The van der Waals surface area contributed by atoms with Crippen molar-refractivity contribution in [3.8, 4) is 0 Å². The van der Waals surface area contributed by atoms with Crippen LogP contribution in [0.1, 0.15) is 58.8 Å². The molecular formula is C15H27NO2S. The van der Waals surface area contributed by atoms with Crippen LogP contribution in [0, 0.1) is 0 Å². The number of ether oxygens (including phenoxy) is 1. The minimum Gasteiger partial charge on any atom is -0.465 e. The van der Waals surface area contributed by atoms with Crippen LogP contribution in [0.4, 0.5) is 0 Å². The fraction of sp³-hybridized carbons (Fsp3) is 0.933. The van der Waals surface area contributed by atoms with Crippen LogP contribution in [0.2, 0.25) is 0 Å². The van der Waals surface area contributed by atoms with E-state index in [0.29, 0.717) is 17.9 Å². The van der Waals surface area contributed by atoms with Crippen molar-refractivity contribution in [2.75, 3.05) is 12.4 Å². The van der Waals surface area contributed by atoms with Gasteiger partial charge in [0.05, 0.1) is 6.61 Å². The summed E-state index contributed by atoms with van der Waals surface area (Å²) >= 11 is 2.03. The maximum Gasteiger partial charge on any atom is 0.326 e. The lowest BCUT2D eigenvalue weighted by atomic mass is 9.81. The number of hydrogen-bond donors (Lipinski definition) is 1. The van der Waals surface area contributed by atoms with Crippen LogP contribution in [-0.4, -0.2) is 35.2 Å². The van der Waals surface area contributed by atoms with E-state index in [-0.39, 0.29) is 11.5 Å². The number of carbonyl (C=O) groups is 1. The second kappa shape index (κ2) is 6.98. The average Bonchev–Trinajstić information content (AvgIpc) is 3.21. The maximum atomic E-state index is 12.4. The van der Waals surface area contributed by atoms with Gasteiger partial charge in [0.25, 0.3) is 0 Å². The largest absolute Gasteiger partial charge is 0.465 e. The highest BCUT2D eigenvalue weighted by Crippen LogP contribution is 2.38. The van der Waals surface area contributed by atoms with Gasteiger partial charge in [-0.15, -0.1) is 0 Å². The molecule has 2 saturated carbocycles. The maximum absolute atomic E-state index is 12.4. The van der Waals surface area contributed by atoms with Crippen molar-refractivity contribution >= 4 is 17.7 Å². The van der Waals surface area contributed by atoms with Crippen LogP contribution < -0.4 is 5.32 Å². The molecule has 0 aliphatic heterocycles. The minimum absolute atomic E-state index is 0.0105. The molecule has 0 aromatic rings. The molecule has 3 nitrogen and oxygen atoms in total. The molecule has 0 heterocycles. The van der Waals surface area contributed by atoms with Crippen LogP contribution in [0.25, 0.3) is 0 Å². The lowest BCUT2D eigenvalue weighted by molar-refractivity contribution is -0.152. The summed E-state index contributed by atoms with van der Waals surface area (Å²) in [6, 6.07) is 0.555. The van der Waals surface area contributed by atoms with Gasteiger partial charge in [-0.25, -0.2) is 0 Å². The number of nitrogens with one attached hydrogen (secondary N) is 1. The average molecular weight is 285 g/mol. The minimum atomic E-state index is -0.388. The molecule has 0 saturated heterocycles. The van der Waals surface area contributed by atoms with Crippen LogP contribution >= 0.6 is 11.8 Å². The first-order chi connectivity index (χ1) is 9.20. The van der Waals surface area contributed by atoms with Crippen LogP contribution in [0.15, 0.2) is 0 Å². The highest BCUT2D eigenvalue weighted by atomic mass is 32.2. The van der Waals surface area contributed by atoms with Gasteiger partial charge >= 0.3 is 5.97 Å². The summed E-state index contributed by atoms with van der Waals surface area (Å²) in [7, 11) is 0. The fourth-order valence-electron chi connectivity index (χ4n) is 2.91. The highest BCUT2D eigenvalue weighted by molar-refractivity contribution is 7.99. The molecular weight excluding hydrogens is 258 g/mol. The fourth-order valence-corrected chi connectivity index (χ4v) is 4.22. The third-order valence-electron chi connectivity index (χ3n) is 3.99. The Kier molecular flexibility index (Phi) is 5.58. The van der Waals surface area contributed by atoms with Crippen molar-refractivity contribution in [1.29, 1.82) is 0 Å². The summed E-state index contributed by atoms with van der Waals surface area (Å²) in [4.78, 5) is 12.4. The van der Waals surface area contributed by atoms with Crippen molar-refractivity contribution in [1.82, 2.24) is 5.32 Å². The number of rotatable bonds is 7. The van der Waals surface area contributed by atoms with Gasteiger partial charge in [0.2, 0.25) is 0 Å². The Morgan fingerprint density at radius 2 is 2.16 bits per heavy atom. The first kappa shape index (κ1) is 15.2. The quantitative estimate of drug-likeness (QED) is 0.729. The number of thioether (sulfide) groups is 1. The Bertz CT molecular complexity index is 307. The normalized spacial score (nSPS) is 31.2. The molecule has 0 aromatic heterocycles. The van der Waals surface area contributed by atoms with Gasteiger partial charge in [-0.3, -0.25) is 10.1 Å². The Balaban J connectivity index is 2.00. The summed E-state index contributed by atoms with van der Waals surface area (Å²) in [5.41, 5.74) is -0.388. The van der Waals surface area contributed by atoms with Gasteiger partial charge in [-0.05, 0) is 57.6 Å². The second-order valence-electron chi connectivity index (χ2n) is 5.81. The number of carbonyl (C=O) groups excluding carboxylic acids is 1. The highest BCUT2D eigenvalue weighted by Gasteiger charge is 2.46. The monoisotopic (exact) mass is 285 g/mol. The molecule has 110 valence electrons. The predicted molar refractivity (Wildman–Crippen MR) is 80.5 cm³/mol. The number of esters is 1. The zero-order valence-electron chi connectivity index (χ0n) is 12.2. The van der Waals surface area contributed by atoms with E-state index in [2.05, 4.69) is 12.2 Å². The van der Waals surface area contributed by atoms with E-state index in [0.717, 1.165) is 19.3 Å². The van der Waals surface area contributed by atoms with Gasteiger partial charge in [0.1, 0.15) is 5.54 Å². The van der Waals surface area contributed by atoms with Gasteiger partial charge in [0.15, 0.2) is 0 Å². The summed E-state index contributed by atoms with van der Waals surface area (Å²) in [6.07, 6.45) is 7.93. The van der Waals surface area contributed by atoms with E-state index in [9.17, 15) is 4.79 Å². The second-order valence-corrected chi connectivity index (χ2v) is 7.22. The molecule has 2 rings (SSSR count). The third-order valence-corrected chi connectivity index (χ3v) is 5.51. The molecule has 0 amide bonds. The molecule has 2 aliphatic rings. The Hall–Kier alpha value is -0.220. The molecule has 4 heteroatoms. The first-order valence-corrected chi connectivity index (χ1v) is 8.81. The van der Waals surface area contributed by atoms with Crippen LogP contribution in [-0.2, 0) is 9.53 Å². The van der Waals surface area contributed by atoms with E-state index in [1.54, 1.807) is 0 Å². The van der Waals surface area contributed by atoms with E-state index >= 15 is 0 Å². The summed E-state index contributed by atoms with van der Waals surface area (Å²) in [5, 5.41) is 4.22. The Morgan fingerprint density at radius 1 is 1.37 bits per heavy atom. The van der Waals surface area contributed by atoms with Crippen LogP contribution in [0.5, 0.6) is 0 Å². The van der Waals surface area contributed by atoms with Crippen LogP contribution in [0.3, 0.4) is 0 Å². The lowest BCUT2D eigenvalue weighted by Gasteiger charge is -2.39. The van der Waals surface area contributed by atoms with Gasteiger partial charge in [0, 0.05) is 11.3 Å². The molecule has 2 atom stereocenters. The summed E-state index contributed by atoms with van der Waals surface area (Å²) in [6.45, 7) is 4.60. The standard InChI is InChI=1S/C15H27NO2S/c1-3-10-19-13-6-5-9-15(11-13,14(17)18-4-2)16-12-7-8-12/h12-13,16H,3-11H2,1-2H3. The predicted octanol–water partition coefficient (Wildman–Crippen LogP) is 3.13. The van der Waals surface area contributed by atoms with Crippen molar-refractivity contribution in [2.24, 2.45) is 0 Å². The zero-order chi connectivity index (χ0) is 13.7. The molecule has 2 aliphatic carbocycles. The van der Waals surface area contributed by atoms with Crippen molar-refractivity contribution in [3.63, 3.8) is 0 Å². The molecule has 0 spiro atoms. The summed E-state index contributed by atoms with van der Waals surface area (Å²) < 4.78 is 5.36. The Morgan fingerprint density at radius 3 is 2.79 bits per heavy atom. The van der Waals surface area contributed by atoms with Crippen molar-refractivity contribution < 1.29 is 9.53 Å². The van der Waals surface area contributed by atoms with Crippen molar-refractivity contribution in [3.05, 3.63) is 0 Å². The Labute approximate surface area is 121 Å². The molecule has 2 unspecified atom stereocenters. The third kappa shape index (κ3) is 4.12. The van der Waals surface area contributed by atoms with E-state index in [1.807, 2.05) is 18.7 Å². The topological polar surface area (TPSA) is 38.3 Å². The molecule has 0 bridgehead atoms. The molecule has 19 heavy (non-hydrogen) atoms. The van der Waals surface area contributed by atoms with Crippen molar-refractivity contribution in [2.45, 2.75) is 75.6 Å². The number of hydrogen-bond acceptors (Lipinski definition) is 4. The smallest absolute Gasteiger partial charge is 0.326 e. The SMILES string of the molecule is CCCSC1CCCC(NC2CC2)(C(=O)OCC)C1. The molecule has 0 radical (unpaired) electrons. The van der Waals surface area contributed by atoms with E-state index < -0.39 is 0 Å². The van der Waals surface area contributed by atoms with E-state index in [4.69, 9.17) is 4.74 Å². The van der Waals surface area contributed by atoms with Gasteiger partial charge in [-0.1, -0.05) is 6.92 Å². The molecule has 1 N–H and O–H groups in total. The summed E-state index contributed by atoms with van der Waals surface area (Å²) in [5.74, 6) is 1.19. The molecule has 0 aromatic carbocycles. The van der Waals surface area contributed by atoms with E-state index in [1.165, 1.54) is 31.4 Å². The lowest BCUT2D eigenvalue weighted by Crippen LogP contribution is -2.57. The van der Waals surface area contributed by atoms with Gasteiger partial charge < -0.3 is 4.74 Å².